The molecule has 5 nitrogen and oxygen atoms in total. The molecule has 6 heteroatoms. The number of sulfonamides is 1. The Morgan fingerprint density at radius 1 is 0.720 bits per heavy atom. The Kier molecular flexibility index (Phi) is 6.12. The zero-order chi connectivity index (χ0) is 17.7. The standard InChI is InChI=1S/C19H28N2O3S/c22-19(20-13-5-2-1-3-6-14-20)17-9-11-18(12-10-17)25(23,24)21-15-7-4-8-16-21/h9-12H,1-8,13-16H2. The lowest BCUT2D eigenvalue weighted by molar-refractivity contribution is 0.0742. The number of carbonyl (C=O) groups is 1. The minimum atomic E-state index is -3.43. The van der Waals surface area contributed by atoms with Gasteiger partial charge in [0.1, 0.15) is 0 Å². The summed E-state index contributed by atoms with van der Waals surface area (Å²) in [7, 11) is -3.43. The predicted octanol–water partition coefficient (Wildman–Crippen LogP) is 3.27. The summed E-state index contributed by atoms with van der Waals surface area (Å²) in [6.45, 7) is 2.78. The van der Waals surface area contributed by atoms with Crippen LogP contribution < -0.4 is 0 Å². The molecule has 2 aliphatic rings. The van der Waals surface area contributed by atoms with E-state index >= 15 is 0 Å². The second-order valence-electron chi connectivity index (χ2n) is 7.05. The molecule has 2 saturated heterocycles. The highest BCUT2D eigenvalue weighted by Crippen LogP contribution is 2.21. The highest BCUT2D eigenvalue weighted by atomic mass is 32.2. The molecule has 1 amide bonds. The second kappa shape index (κ2) is 8.32. The molecule has 25 heavy (non-hydrogen) atoms. The van der Waals surface area contributed by atoms with Crippen molar-refractivity contribution in [1.82, 2.24) is 9.21 Å². The van der Waals surface area contributed by atoms with Gasteiger partial charge in [-0.05, 0) is 49.9 Å². The van der Waals surface area contributed by atoms with Crippen LogP contribution in [0.3, 0.4) is 0 Å². The number of amides is 1. The quantitative estimate of drug-likeness (QED) is 0.827. The van der Waals surface area contributed by atoms with Crippen molar-refractivity contribution in [2.24, 2.45) is 0 Å². The third-order valence-electron chi connectivity index (χ3n) is 5.20. The van der Waals surface area contributed by atoms with E-state index in [1.54, 1.807) is 28.6 Å². The topological polar surface area (TPSA) is 57.7 Å². The fourth-order valence-electron chi connectivity index (χ4n) is 3.66. The number of benzene rings is 1. The molecule has 1 aromatic carbocycles. The molecule has 0 aliphatic carbocycles. The predicted molar refractivity (Wildman–Crippen MR) is 98.0 cm³/mol. The molecule has 0 unspecified atom stereocenters. The first-order valence-corrected chi connectivity index (χ1v) is 10.9. The van der Waals surface area contributed by atoms with E-state index in [2.05, 4.69) is 0 Å². The summed E-state index contributed by atoms with van der Waals surface area (Å²) in [5.41, 5.74) is 0.582. The van der Waals surface area contributed by atoms with Gasteiger partial charge in [-0.25, -0.2) is 8.42 Å². The van der Waals surface area contributed by atoms with Gasteiger partial charge in [-0.3, -0.25) is 4.79 Å². The van der Waals surface area contributed by atoms with Crippen LogP contribution in [0.4, 0.5) is 0 Å². The van der Waals surface area contributed by atoms with Crippen LogP contribution in [0.1, 0.15) is 61.7 Å². The molecule has 3 rings (SSSR count). The number of hydrogen-bond donors (Lipinski definition) is 0. The molecule has 0 saturated carbocycles. The molecule has 0 N–H and O–H groups in total. The van der Waals surface area contributed by atoms with E-state index in [-0.39, 0.29) is 5.91 Å². The maximum absolute atomic E-state index is 12.7. The summed E-state index contributed by atoms with van der Waals surface area (Å²) in [4.78, 5) is 14.9. The molecule has 0 atom stereocenters. The van der Waals surface area contributed by atoms with Crippen molar-refractivity contribution in [3.05, 3.63) is 29.8 Å². The summed E-state index contributed by atoms with van der Waals surface area (Å²) < 4.78 is 26.9. The fraction of sp³-hybridized carbons (Fsp3) is 0.632. The van der Waals surface area contributed by atoms with E-state index in [0.29, 0.717) is 23.5 Å². The molecule has 0 aromatic heterocycles. The first kappa shape index (κ1) is 18.4. The van der Waals surface area contributed by atoms with Crippen molar-refractivity contribution in [3.63, 3.8) is 0 Å². The SMILES string of the molecule is O=C(c1ccc(S(=O)(=O)N2CCCCC2)cc1)N1CCCCCCC1. The highest BCUT2D eigenvalue weighted by Gasteiger charge is 2.26. The molecule has 0 spiro atoms. The summed E-state index contributed by atoms with van der Waals surface area (Å²) in [5, 5.41) is 0. The van der Waals surface area contributed by atoms with Crippen LogP contribution in [-0.4, -0.2) is 49.7 Å². The lowest BCUT2D eigenvalue weighted by atomic mass is 10.1. The number of piperidine rings is 1. The van der Waals surface area contributed by atoms with Crippen LogP contribution in [-0.2, 0) is 10.0 Å². The number of likely N-dealkylation sites (tertiary alicyclic amines) is 1. The van der Waals surface area contributed by atoms with Crippen molar-refractivity contribution in [2.75, 3.05) is 26.2 Å². The van der Waals surface area contributed by atoms with Gasteiger partial charge >= 0.3 is 0 Å². The average molecular weight is 365 g/mol. The molecule has 0 radical (unpaired) electrons. The molecular formula is C19H28N2O3S. The Balaban J connectivity index is 1.71. The molecule has 0 bridgehead atoms. The minimum absolute atomic E-state index is 0.0174. The van der Waals surface area contributed by atoms with Crippen molar-refractivity contribution in [2.45, 2.75) is 56.3 Å². The van der Waals surface area contributed by atoms with Crippen molar-refractivity contribution >= 4 is 15.9 Å². The van der Waals surface area contributed by atoms with Crippen LogP contribution in [0.25, 0.3) is 0 Å². The first-order valence-electron chi connectivity index (χ1n) is 9.48. The smallest absolute Gasteiger partial charge is 0.253 e. The number of carbonyl (C=O) groups excluding carboxylic acids is 1. The third kappa shape index (κ3) is 4.42. The number of rotatable bonds is 3. The maximum Gasteiger partial charge on any atom is 0.253 e. The molecule has 2 fully saturated rings. The van der Waals surface area contributed by atoms with Gasteiger partial charge in [-0.1, -0.05) is 25.7 Å². The monoisotopic (exact) mass is 364 g/mol. The lowest BCUT2D eigenvalue weighted by Gasteiger charge is -2.26. The fourth-order valence-corrected chi connectivity index (χ4v) is 5.17. The Labute approximate surface area is 151 Å². The van der Waals surface area contributed by atoms with E-state index in [9.17, 15) is 13.2 Å². The molecule has 2 heterocycles. The van der Waals surface area contributed by atoms with Gasteiger partial charge in [-0.15, -0.1) is 0 Å². The van der Waals surface area contributed by atoms with Gasteiger partial charge in [0, 0.05) is 31.7 Å². The summed E-state index contributed by atoms with van der Waals surface area (Å²) >= 11 is 0. The van der Waals surface area contributed by atoms with Crippen LogP contribution in [0.2, 0.25) is 0 Å². The van der Waals surface area contributed by atoms with Crippen LogP contribution >= 0.6 is 0 Å². The highest BCUT2D eigenvalue weighted by molar-refractivity contribution is 7.89. The maximum atomic E-state index is 12.7. The van der Waals surface area contributed by atoms with Gasteiger partial charge in [0.15, 0.2) is 0 Å². The average Bonchev–Trinajstić information content (AvgIpc) is 2.62. The molecular weight excluding hydrogens is 336 g/mol. The third-order valence-corrected chi connectivity index (χ3v) is 7.11. The Hall–Kier alpha value is -1.40. The zero-order valence-corrected chi connectivity index (χ0v) is 15.6. The van der Waals surface area contributed by atoms with Gasteiger partial charge in [0.05, 0.1) is 4.90 Å². The van der Waals surface area contributed by atoms with E-state index in [1.807, 2.05) is 4.90 Å². The molecule has 1 aromatic rings. The van der Waals surface area contributed by atoms with Crippen molar-refractivity contribution in [3.8, 4) is 0 Å². The number of nitrogens with zero attached hydrogens (tertiary/aromatic N) is 2. The summed E-state index contributed by atoms with van der Waals surface area (Å²) in [6, 6.07) is 6.50. The molecule has 2 aliphatic heterocycles. The van der Waals surface area contributed by atoms with Gasteiger partial charge < -0.3 is 4.90 Å². The summed E-state index contributed by atoms with van der Waals surface area (Å²) in [6.07, 6.45) is 8.64. The van der Waals surface area contributed by atoms with E-state index in [4.69, 9.17) is 0 Å². The number of hydrogen-bond acceptors (Lipinski definition) is 3. The first-order chi connectivity index (χ1) is 12.1. The van der Waals surface area contributed by atoms with Gasteiger partial charge in [0.2, 0.25) is 10.0 Å². The van der Waals surface area contributed by atoms with Crippen molar-refractivity contribution < 1.29 is 13.2 Å². The Morgan fingerprint density at radius 2 is 1.20 bits per heavy atom. The van der Waals surface area contributed by atoms with E-state index in [0.717, 1.165) is 45.2 Å². The van der Waals surface area contributed by atoms with Crippen LogP contribution in [0.15, 0.2) is 29.2 Å². The molecule has 138 valence electrons. The largest absolute Gasteiger partial charge is 0.339 e. The van der Waals surface area contributed by atoms with Gasteiger partial charge in [0.25, 0.3) is 5.91 Å². The van der Waals surface area contributed by atoms with E-state index < -0.39 is 10.0 Å². The van der Waals surface area contributed by atoms with Crippen LogP contribution in [0.5, 0.6) is 0 Å². The van der Waals surface area contributed by atoms with Gasteiger partial charge in [-0.2, -0.15) is 4.31 Å². The van der Waals surface area contributed by atoms with Crippen molar-refractivity contribution in [1.29, 1.82) is 0 Å². The summed E-state index contributed by atoms with van der Waals surface area (Å²) in [5.74, 6) is 0.0174. The van der Waals surface area contributed by atoms with E-state index in [1.165, 1.54) is 19.3 Å². The Bertz CT molecular complexity index is 671. The van der Waals surface area contributed by atoms with Crippen LogP contribution in [0, 0.1) is 0 Å². The normalized spacial score (nSPS) is 20.7. The Morgan fingerprint density at radius 3 is 1.80 bits per heavy atom. The zero-order valence-electron chi connectivity index (χ0n) is 14.8. The lowest BCUT2D eigenvalue weighted by Crippen LogP contribution is -2.35. The second-order valence-corrected chi connectivity index (χ2v) is 8.99. The minimum Gasteiger partial charge on any atom is -0.339 e.